The molecule has 2 fully saturated rings. The first kappa shape index (κ1) is 42.7. The number of anilines is 2. The van der Waals surface area contributed by atoms with E-state index >= 15 is 0 Å². The van der Waals surface area contributed by atoms with Crippen molar-refractivity contribution >= 4 is 72.2 Å². The van der Waals surface area contributed by atoms with Gasteiger partial charge in [-0.05, 0) is 133 Å². The summed E-state index contributed by atoms with van der Waals surface area (Å²) in [5.74, 6) is -0.548. The van der Waals surface area contributed by atoms with E-state index < -0.39 is 15.9 Å². The average molecular weight is 891 g/mol. The van der Waals surface area contributed by atoms with Crippen LogP contribution in [0, 0.1) is 16.2 Å². The van der Waals surface area contributed by atoms with E-state index in [-0.39, 0.29) is 27.7 Å². The summed E-state index contributed by atoms with van der Waals surface area (Å²) in [4.78, 5) is 38.5. The topological polar surface area (TPSA) is 178 Å². The zero-order valence-corrected chi connectivity index (χ0v) is 37.1. The Kier molecular flexibility index (Phi) is 11.9. The lowest BCUT2D eigenvalue weighted by Crippen LogP contribution is -2.47. The van der Waals surface area contributed by atoms with Crippen molar-refractivity contribution in [1.29, 1.82) is 0 Å². The Morgan fingerprint density at radius 1 is 0.984 bits per heavy atom. The number of nitrogens with one attached hydrogen (secondary N) is 3. The lowest BCUT2D eigenvalue weighted by molar-refractivity contribution is 0.0981. The van der Waals surface area contributed by atoms with Gasteiger partial charge in [0.1, 0.15) is 16.9 Å². The molecule has 1 aliphatic heterocycles. The van der Waals surface area contributed by atoms with Crippen molar-refractivity contribution in [2.24, 2.45) is 16.5 Å². The molecule has 0 radical (unpaired) electrons. The summed E-state index contributed by atoms with van der Waals surface area (Å²) in [5, 5.41) is 22.4. The van der Waals surface area contributed by atoms with Gasteiger partial charge in [0.25, 0.3) is 15.9 Å². The van der Waals surface area contributed by atoms with Crippen LogP contribution in [-0.2, 0) is 10.0 Å². The van der Waals surface area contributed by atoms with Gasteiger partial charge in [-0.3, -0.25) is 9.69 Å². The molecule has 14 nitrogen and oxygen atoms in total. The predicted octanol–water partition coefficient (Wildman–Crippen LogP) is 8.82. The highest BCUT2D eigenvalue weighted by Crippen LogP contribution is 2.43. The number of aliphatic hydroxyl groups excluding tert-OH is 1. The second-order valence-electron chi connectivity index (χ2n) is 18.0. The zero-order valence-electron chi connectivity index (χ0n) is 35.5. The van der Waals surface area contributed by atoms with Gasteiger partial charge >= 0.3 is 0 Å². The number of pyridine rings is 1. The number of benzene rings is 3. The molecule has 9 rings (SSSR count). The number of nitroso groups, excluding NO2 is 1. The minimum atomic E-state index is -4.45. The van der Waals surface area contributed by atoms with Gasteiger partial charge in [0, 0.05) is 61.6 Å². The van der Waals surface area contributed by atoms with Crippen LogP contribution in [0.5, 0.6) is 0 Å². The fourth-order valence-electron chi connectivity index (χ4n) is 9.34. The number of piperazine rings is 1. The van der Waals surface area contributed by atoms with Crippen LogP contribution in [0.25, 0.3) is 33.3 Å². The number of hydrogen-bond acceptors (Lipinski definition) is 11. The molecule has 0 atom stereocenters. The Balaban J connectivity index is 0.963. The molecule has 0 spiro atoms. The second kappa shape index (κ2) is 17.5. The largest absolute Gasteiger partial charge is 0.393 e. The number of amides is 1. The summed E-state index contributed by atoms with van der Waals surface area (Å²) < 4.78 is 31.5. The molecular weight excluding hydrogens is 838 g/mol. The van der Waals surface area contributed by atoms with Gasteiger partial charge in [-0.15, -0.1) is 4.91 Å². The fourth-order valence-corrected chi connectivity index (χ4v) is 10.5. The molecule has 3 aliphatic rings. The first-order valence-corrected chi connectivity index (χ1v) is 23.6. The van der Waals surface area contributed by atoms with Crippen LogP contribution in [-0.4, -0.2) is 89.5 Å². The molecule has 3 aromatic carbocycles. The number of hydrogen-bond donors (Lipinski definition) is 4. The molecule has 3 aromatic heterocycles. The molecule has 4 N–H and O–H groups in total. The summed E-state index contributed by atoms with van der Waals surface area (Å²) in [5.41, 5.74) is 7.99. The third-order valence-corrected chi connectivity index (χ3v) is 14.6. The van der Waals surface area contributed by atoms with Gasteiger partial charge in [-0.1, -0.05) is 43.2 Å². The average Bonchev–Trinajstić information content (AvgIpc) is 3.92. The summed E-state index contributed by atoms with van der Waals surface area (Å²) in [7, 11) is -4.45. The number of H-pyrrole nitrogens is 1. The number of sulfonamides is 1. The van der Waals surface area contributed by atoms with Crippen molar-refractivity contribution in [2.45, 2.75) is 69.8 Å². The molecule has 63 heavy (non-hydrogen) atoms. The maximum Gasteiger partial charge on any atom is 0.267 e. The van der Waals surface area contributed by atoms with E-state index in [1.54, 1.807) is 23.1 Å². The van der Waals surface area contributed by atoms with Gasteiger partial charge in [-0.2, -0.15) is 5.10 Å². The summed E-state index contributed by atoms with van der Waals surface area (Å²) in [6.07, 6.45) is 9.51. The van der Waals surface area contributed by atoms with E-state index in [0.29, 0.717) is 40.5 Å². The maximum atomic E-state index is 14.2. The molecule has 0 unspecified atom stereocenters. The molecule has 1 amide bonds. The Morgan fingerprint density at radius 2 is 1.76 bits per heavy atom. The van der Waals surface area contributed by atoms with Crippen LogP contribution in [0.2, 0.25) is 5.02 Å². The molecule has 1 saturated heterocycles. The standard InChI is InChI=1S/C47H52ClN9O5S/c1-47(2)17-15-33(39(26-47)31-5-7-34(48)8-6-31)29-55-19-21-56(22-20-55)35-9-13-38(43(24-35)57-44-23-32-16-18-49-45(32)52-42(44)28-51-57)46(59)54-63(61,62)37-12-14-40(41(25-37)53-60)50-27-30-3-10-36(58)11-4-30/h5-9,12-14,16,18,23-25,28,30,36,50,58H,3-4,10-11,15,17,19-22,26-27,29H2,1-2H3,(H,49,52)(H,54,59). The van der Waals surface area contributed by atoms with Gasteiger partial charge in [-0.25, -0.2) is 22.8 Å². The fraction of sp³-hybridized carbons (Fsp3) is 0.383. The van der Waals surface area contributed by atoms with Gasteiger partial charge in [0.05, 0.1) is 39.7 Å². The minimum Gasteiger partial charge on any atom is -0.393 e. The molecule has 6 aromatic rings. The highest BCUT2D eigenvalue weighted by molar-refractivity contribution is 7.90. The van der Waals surface area contributed by atoms with Crippen LogP contribution >= 0.6 is 11.6 Å². The third kappa shape index (κ3) is 9.24. The molecule has 328 valence electrons. The van der Waals surface area contributed by atoms with Crippen molar-refractivity contribution in [2.75, 3.05) is 49.5 Å². The van der Waals surface area contributed by atoms with Crippen molar-refractivity contribution in [3.8, 4) is 5.69 Å². The maximum absolute atomic E-state index is 14.2. The quantitative estimate of drug-likeness (QED) is 0.0869. The van der Waals surface area contributed by atoms with E-state index in [1.807, 2.05) is 36.4 Å². The monoisotopic (exact) mass is 889 g/mol. The number of carbonyl (C=O) groups is 1. The number of carbonyl (C=O) groups excluding carboxylic acids is 1. The third-order valence-electron chi connectivity index (χ3n) is 13.1. The van der Waals surface area contributed by atoms with Gasteiger partial charge in [0.2, 0.25) is 0 Å². The highest BCUT2D eigenvalue weighted by Gasteiger charge is 2.30. The number of rotatable bonds is 12. The van der Waals surface area contributed by atoms with Crippen LogP contribution in [0.3, 0.4) is 0 Å². The van der Waals surface area contributed by atoms with Crippen LogP contribution in [0.4, 0.5) is 17.1 Å². The number of allylic oxidation sites excluding steroid dienone is 1. The lowest BCUT2D eigenvalue weighted by atomic mass is 9.72. The van der Waals surface area contributed by atoms with Crippen molar-refractivity contribution in [3.63, 3.8) is 0 Å². The molecule has 16 heteroatoms. The zero-order chi connectivity index (χ0) is 43.9. The number of aromatic amines is 1. The minimum absolute atomic E-state index is 0.0840. The van der Waals surface area contributed by atoms with E-state index in [4.69, 9.17) is 16.6 Å². The van der Waals surface area contributed by atoms with E-state index in [9.17, 15) is 23.2 Å². The second-order valence-corrected chi connectivity index (χ2v) is 20.1. The van der Waals surface area contributed by atoms with E-state index in [1.165, 1.54) is 28.8 Å². The highest BCUT2D eigenvalue weighted by atomic mass is 35.5. The van der Waals surface area contributed by atoms with Gasteiger partial charge in [0.15, 0.2) is 0 Å². The van der Waals surface area contributed by atoms with Gasteiger partial charge < -0.3 is 20.3 Å². The number of nitrogens with zero attached hydrogens (tertiary/aromatic N) is 6. The number of fused-ring (bicyclic) bond motifs is 2. The van der Waals surface area contributed by atoms with Crippen molar-refractivity contribution in [3.05, 3.63) is 112 Å². The Hall–Kier alpha value is -5.61. The number of aliphatic hydroxyl groups is 1. The van der Waals surface area contributed by atoms with E-state index in [2.05, 4.69) is 61.1 Å². The van der Waals surface area contributed by atoms with Crippen molar-refractivity contribution in [1.82, 2.24) is 29.4 Å². The smallest absolute Gasteiger partial charge is 0.267 e. The Morgan fingerprint density at radius 3 is 2.52 bits per heavy atom. The van der Waals surface area contributed by atoms with Crippen LogP contribution < -0.4 is 14.9 Å². The molecule has 1 saturated carbocycles. The molecule has 4 heterocycles. The summed E-state index contributed by atoms with van der Waals surface area (Å²) in [6, 6.07) is 21.4. The summed E-state index contributed by atoms with van der Waals surface area (Å²) in [6.45, 7) is 9.33. The summed E-state index contributed by atoms with van der Waals surface area (Å²) >= 11 is 6.26. The lowest BCUT2D eigenvalue weighted by Gasteiger charge is -2.39. The Labute approximate surface area is 371 Å². The molecular formula is C47H52ClN9O5S. The first-order chi connectivity index (χ1) is 30.3. The first-order valence-electron chi connectivity index (χ1n) is 21.7. The number of halogens is 1. The SMILES string of the molecule is CC1(C)CCC(CN2CCN(c3ccc(C(=O)NS(=O)(=O)c4ccc(NCC5CCC(O)CC5)c(N=O)c4)c(-n4ncc5nc6[nH]ccc6cc54)c3)CC2)=C(c2ccc(Cl)cc2)C1. The Bertz CT molecular complexity index is 2820. The normalized spacial score (nSPS) is 19.7. The predicted molar refractivity (Wildman–Crippen MR) is 248 cm³/mol. The van der Waals surface area contributed by atoms with Crippen LogP contribution in [0.1, 0.15) is 74.7 Å². The molecule has 0 bridgehead atoms. The van der Waals surface area contributed by atoms with Crippen molar-refractivity contribution < 1.29 is 18.3 Å². The number of aromatic nitrogens is 4. The van der Waals surface area contributed by atoms with E-state index in [0.717, 1.165) is 99.8 Å². The van der Waals surface area contributed by atoms with Crippen LogP contribution in [0.15, 0.2) is 101 Å². The molecule has 2 aliphatic carbocycles.